The van der Waals surface area contributed by atoms with Crippen molar-refractivity contribution in [1.29, 1.82) is 0 Å². The molecule has 2 N–H and O–H groups in total. The molecule has 0 aliphatic carbocycles. The second-order valence-electron chi connectivity index (χ2n) is 5.60. The van der Waals surface area contributed by atoms with Gasteiger partial charge in [-0.1, -0.05) is 0 Å². The summed E-state index contributed by atoms with van der Waals surface area (Å²) in [5.41, 5.74) is -0.363. The van der Waals surface area contributed by atoms with E-state index in [2.05, 4.69) is 10.3 Å². The van der Waals surface area contributed by atoms with E-state index >= 15 is 0 Å². The van der Waals surface area contributed by atoms with E-state index in [1.165, 1.54) is 4.90 Å². The Kier molecular flexibility index (Phi) is 4.20. The van der Waals surface area contributed by atoms with E-state index in [9.17, 15) is 14.7 Å². The van der Waals surface area contributed by atoms with Gasteiger partial charge in [-0.25, -0.2) is 14.6 Å². The summed E-state index contributed by atoms with van der Waals surface area (Å²) in [5, 5.41) is 12.1. The highest BCUT2D eigenvalue weighted by Crippen LogP contribution is 2.28. The molecule has 2 heterocycles. The van der Waals surface area contributed by atoms with E-state index in [1.807, 2.05) is 6.92 Å². The first kappa shape index (κ1) is 15.3. The third-order valence-electron chi connectivity index (χ3n) is 4.06. The van der Waals surface area contributed by atoms with Crippen molar-refractivity contribution >= 4 is 12.0 Å². The number of nitrogens with one attached hydrogen (secondary N) is 1. The molecule has 0 saturated carbocycles. The van der Waals surface area contributed by atoms with E-state index in [0.717, 1.165) is 18.5 Å². The molecule has 1 saturated heterocycles. The van der Waals surface area contributed by atoms with Crippen LogP contribution in [0.25, 0.3) is 0 Å². The molecule has 1 aromatic rings. The van der Waals surface area contributed by atoms with E-state index in [-0.39, 0.29) is 6.54 Å². The van der Waals surface area contributed by atoms with Crippen LogP contribution >= 0.6 is 0 Å². The molecule has 0 spiro atoms. The normalized spacial score (nSPS) is 22.1. The molecule has 1 aliphatic rings. The molecule has 2 amide bonds. The molecule has 1 unspecified atom stereocenters. The molecule has 7 nitrogen and oxygen atoms in total. The topological polar surface area (TPSA) is 95.7 Å². The van der Waals surface area contributed by atoms with Gasteiger partial charge in [0.15, 0.2) is 0 Å². The molecule has 0 bridgehead atoms. The fraction of sp³-hybridized carbons (Fsp3) is 0.643. The van der Waals surface area contributed by atoms with Crippen molar-refractivity contribution in [3.8, 4) is 0 Å². The van der Waals surface area contributed by atoms with E-state index in [1.54, 1.807) is 13.8 Å². The van der Waals surface area contributed by atoms with Gasteiger partial charge < -0.3 is 19.7 Å². The number of carboxylic acids is 1. The van der Waals surface area contributed by atoms with Gasteiger partial charge in [0.05, 0.1) is 12.2 Å². The number of carboxylic acid groups (broad SMARTS) is 1. The quantitative estimate of drug-likeness (QED) is 0.887. The number of likely N-dealkylation sites (tertiary alicyclic amines) is 1. The average molecular weight is 295 g/mol. The van der Waals surface area contributed by atoms with Gasteiger partial charge in [-0.2, -0.15) is 0 Å². The average Bonchev–Trinajstić information content (AvgIpc) is 2.75. The van der Waals surface area contributed by atoms with Gasteiger partial charge in [0.1, 0.15) is 11.3 Å². The Morgan fingerprint density at radius 2 is 2.14 bits per heavy atom. The predicted molar refractivity (Wildman–Crippen MR) is 74.8 cm³/mol. The maximum absolute atomic E-state index is 12.3. The third-order valence-corrected chi connectivity index (χ3v) is 4.06. The number of hydrogen-bond donors (Lipinski definition) is 2. The summed E-state index contributed by atoms with van der Waals surface area (Å²) < 4.78 is 5.39. The number of aryl methyl sites for hydroxylation is 2. The summed E-state index contributed by atoms with van der Waals surface area (Å²) in [4.78, 5) is 29.3. The van der Waals surface area contributed by atoms with Crippen molar-refractivity contribution in [3.63, 3.8) is 0 Å². The second-order valence-corrected chi connectivity index (χ2v) is 5.60. The monoisotopic (exact) mass is 295 g/mol. The van der Waals surface area contributed by atoms with Gasteiger partial charge in [0.2, 0.25) is 5.89 Å². The van der Waals surface area contributed by atoms with Crippen molar-refractivity contribution < 1.29 is 19.1 Å². The minimum Gasteiger partial charge on any atom is -0.480 e. The number of carbonyl (C=O) groups excluding carboxylic acids is 1. The van der Waals surface area contributed by atoms with Gasteiger partial charge in [-0.05, 0) is 40.0 Å². The third kappa shape index (κ3) is 3.01. The van der Waals surface area contributed by atoms with Gasteiger partial charge >= 0.3 is 12.0 Å². The highest BCUT2D eigenvalue weighted by Gasteiger charge is 2.43. The van der Waals surface area contributed by atoms with E-state index in [4.69, 9.17) is 4.42 Å². The van der Waals surface area contributed by atoms with Crippen LogP contribution in [0.1, 0.15) is 43.5 Å². The number of amides is 2. The number of carbonyl (C=O) groups is 2. The first-order valence-electron chi connectivity index (χ1n) is 7.06. The molecule has 0 aromatic carbocycles. The van der Waals surface area contributed by atoms with Crippen molar-refractivity contribution in [2.45, 2.75) is 52.1 Å². The zero-order valence-electron chi connectivity index (χ0n) is 12.6. The van der Waals surface area contributed by atoms with Crippen LogP contribution in [0.2, 0.25) is 0 Å². The van der Waals surface area contributed by atoms with Crippen molar-refractivity contribution in [3.05, 3.63) is 17.3 Å². The number of aromatic nitrogens is 1. The molecule has 1 aliphatic heterocycles. The molecule has 1 fully saturated rings. The number of hydrogen-bond acceptors (Lipinski definition) is 4. The van der Waals surface area contributed by atoms with Gasteiger partial charge in [-0.15, -0.1) is 0 Å². The fourth-order valence-corrected chi connectivity index (χ4v) is 2.53. The number of oxazole rings is 1. The Morgan fingerprint density at radius 3 is 2.71 bits per heavy atom. The molecular weight excluding hydrogens is 274 g/mol. The number of urea groups is 1. The van der Waals surface area contributed by atoms with Gasteiger partial charge in [0.25, 0.3) is 0 Å². The Hall–Kier alpha value is -2.05. The molecule has 116 valence electrons. The van der Waals surface area contributed by atoms with Crippen LogP contribution in [0.3, 0.4) is 0 Å². The van der Waals surface area contributed by atoms with Crippen LogP contribution in [0, 0.1) is 13.8 Å². The molecule has 7 heteroatoms. The largest absolute Gasteiger partial charge is 0.480 e. The highest BCUT2D eigenvalue weighted by molar-refractivity contribution is 5.86. The fourth-order valence-electron chi connectivity index (χ4n) is 2.53. The van der Waals surface area contributed by atoms with Crippen LogP contribution in [-0.4, -0.2) is 39.1 Å². The van der Waals surface area contributed by atoms with Crippen molar-refractivity contribution in [2.75, 3.05) is 6.54 Å². The Morgan fingerprint density at radius 1 is 1.43 bits per heavy atom. The maximum atomic E-state index is 12.3. The standard InChI is InChI=1S/C14H21N3O4/c1-9-10(2)21-11(16-9)8-15-13(20)17-7-5-4-6-14(17,3)12(18)19/h4-8H2,1-3H3,(H,15,20)(H,18,19). The summed E-state index contributed by atoms with van der Waals surface area (Å²) in [7, 11) is 0. The second kappa shape index (κ2) is 5.75. The van der Waals surface area contributed by atoms with Crippen LogP contribution < -0.4 is 5.32 Å². The lowest BCUT2D eigenvalue weighted by molar-refractivity contribution is -0.150. The summed E-state index contributed by atoms with van der Waals surface area (Å²) in [5.74, 6) is 0.167. The van der Waals surface area contributed by atoms with Gasteiger partial charge in [-0.3, -0.25) is 0 Å². The lowest BCUT2D eigenvalue weighted by atomic mass is 9.89. The first-order valence-corrected chi connectivity index (χ1v) is 7.06. The minimum absolute atomic E-state index is 0.152. The van der Waals surface area contributed by atoms with Crippen LogP contribution in [0.15, 0.2) is 4.42 Å². The van der Waals surface area contributed by atoms with Crippen LogP contribution in [0.4, 0.5) is 4.79 Å². The number of nitrogens with zero attached hydrogens (tertiary/aromatic N) is 2. The molecule has 21 heavy (non-hydrogen) atoms. The zero-order valence-corrected chi connectivity index (χ0v) is 12.6. The van der Waals surface area contributed by atoms with Gasteiger partial charge in [0, 0.05) is 6.54 Å². The summed E-state index contributed by atoms with van der Waals surface area (Å²) in [6.45, 7) is 5.82. The lowest BCUT2D eigenvalue weighted by Crippen LogP contribution is -2.59. The summed E-state index contributed by atoms with van der Waals surface area (Å²) in [6, 6.07) is -0.395. The molecular formula is C14H21N3O4. The van der Waals surface area contributed by atoms with E-state index in [0.29, 0.717) is 24.6 Å². The first-order chi connectivity index (χ1) is 9.84. The summed E-state index contributed by atoms with van der Waals surface area (Å²) in [6.07, 6.45) is 2.09. The predicted octanol–water partition coefficient (Wildman–Crippen LogP) is 1.83. The van der Waals surface area contributed by atoms with E-state index < -0.39 is 17.5 Å². The zero-order chi connectivity index (χ0) is 15.6. The molecule has 1 atom stereocenters. The Balaban J connectivity index is 2.03. The minimum atomic E-state index is -1.15. The molecule has 1 aromatic heterocycles. The Labute approximate surface area is 123 Å². The molecule has 2 rings (SSSR count). The highest BCUT2D eigenvalue weighted by atomic mass is 16.4. The van der Waals surface area contributed by atoms with Crippen LogP contribution in [0.5, 0.6) is 0 Å². The smallest absolute Gasteiger partial charge is 0.329 e. The Bertz CT molecular complexity index is 535. The molecule has 0 radical (unpaired) electrons. The van der Waals surface area contributed by atoms with Crippen molar-refractivity contribution in [1.82, 2.24) is 15.2 Å². The SMILES string of the molecule is Cc1nc(CNC(=O)N2CCCCC2(C)C(=O)O)oc1C. The number of aliphatic carboxylic acids is 1. The van der Waals surface area contributed by atoms with Crippen LogP contribution in [-0.2, 0) is 11.3 Å². The number of piperidine rings is 1. The maximum Gasteiger partial charge on any atom is 0.329 e. The number of rotatable bonds is 3. The summed E-state index contributed by atoms with van der Waals surface area (Å²) >= 11 is 0. The lowest BCUT2D eigenvalue weighted by Gasteiger charge is -2.41. The van der Waals surface area contributed by atoms with Crippen molar-refractivity contribution in [2.24, 2.45) is 0 Å².